The highest BCUT2D eigenvalue weighted by molar-refractivity contribution is 7.80. The zero-order valence-electron chi connectivity index (χ0n) is 10.8. The molecule has 0 aliphatic carbocycles. The highest BCUT2D eigenvalue weighted by Gasteiger charge is 2.29. The maximum atomic E-state index is 12.4. The fourth-order valence-electron chi connectivity index (χ4n) is 1.71. The summed E-state index contributed by atoms with van der Waals surface area (Å²) >= 11 is 4.12. The molecule has 0 saturated carbocycles. The number of thiol groups is 1. The van der Waals surface area contributed by atoms with Crippen molar-refractivity contribution in [1.29, 1.82) is 0 Å². The van der Waals surface area contributed by atoms with Crippen LogP contribution in [0.4, 0.5) is 13.2 Å². The summed E-state index contributed by atoms with van der Waals surface area (Å²) in [4.78, 5) is 12.6. The molecule has 0 atom stereocenters. The molecule has 1 N–H and O–H groups in total. The van der Waals surface area contributed by atoms with E-state index >= 15 is 0 Å². The van der Waals surface area contributed by atoms with Crippen LogP contribution < -0.4 is 5.32 Å². The van der Waals surface area contributed by atoms with Gasteiger partial charge in [-0.2, -0.15) is 13.2 Å². The molecule has 2 aromatic rings. The van der Waals surface area contributed by atoms with Gasteiger partial charge < -0.3 is 5.32 Å². The van der Waals surface area contributed by atoms with E-state index in [4.69, 9.17) is 0 Å². The second-order valence-electron chi connectivity index (χ2n) is 4.42. The summed E-state index contributed by atoms with van der Waals surface area (Å²) in [5.74, 6) is -0.289. The van der Waals surface area contributed by atoms with Gasteiger partial charge in [0.15, 0.2) is 0 Å². The number of hydrogen-bond donors (Lipinski definition) is 2. The molecule has 0 aliphatic rings. The van der Waals surface area contributed by atoms with Gasteiger partial charge in [-0.05, 0) is 42.0 Å². The van der Waals surface area contributed by atoms with E-state index in [0.29, 0.717) is 11.1 Å². The lowest BCUT2D eigenvalue weighted by Gasteiger charge is -2.09. The van der Waals surface area contributed by atoms with E-state index in [1.807, 2.05) is 0 Å². The molecule has 0 unspecified atom stereocenters. The monoisotopic (exact) mass is 311 g/mol. The predicted octanol–water partition coefficient (Wildman–Crippen LogP) is 3.92. The van der Waals surface area contributed by atoms with Gasteiger partial charge in [0, 0.05) is 17.0 Å². The van der Waals surface area contributed by atoms with Crippen molar-refractivity contribution >= 4 is 18.5 Å². The maximum absolute atomic E-state index is 12.4. The molecule has 0 aliphatic heterocycles. The van der Waals surface area contributed by atoms with Crippen LogP contribution in [0, 0.1) is 0 Å². The van der Waals surface area contributed by atoms with Gasteiger partial charge in [0.05, 0.1) is 5.56 Å². The molecular weight excluding hydrogens is 299 g/mol. The summed E-state index contributed by atoms with van der Waals surface area (Å²) in [6, 6.07) is 11.3. The van der Waals surface area contributed by atoms with Crippen molar-refractivity contribution in [2.45, 2.75) is 17.6 Å². The van der Waals surface area contributed by atoms with E-state index in [1.54, 1.807) is 24.3 Å². The van der Waals surface area contributed by atoms with E-state index in [0.717, 1.165) is 17.0 Å². The SMILES string of the molecule is O=C(NCc1ccc(C(F)(F)F)cc1)c1ccc(S)cc1. The highest BCUT2D eigenvalue weighted by Crippen LogP contribution is 2.29. The van der Waals surface area contributed by atoms with Crippen LogP contribution in [0.3, 0.4) is 0 Å². The predicted molar refractivity (Wildman–Crippen MR) is 76.3 cm³/mol. The number of carbonyl (C=O) groups is 1. The Morgan fingerprint density at radius 1 is 1.00 bits per heavy atom. The smallest absolute Gasteiger partial charge is 0.348 e. The Balaban J connectivity index is 1.97. The molecule has 2 nitrogen and oxygen atoms in total. The zero-order chi connectivity index (χ0) is 15.5. The van der Waals surface area contributed by atoms with Gasteiger partial charge >= 0.3 is 6.18 Å². The number of carbonyl (C=O) groups excluding carboxylic acids is 1. The van der Waals surface area contributed by atoms with Crippen molar-refractivity contribution in [3.63, 3.8) is 0 Å². The second-order valence-corrected chi connectivity index (χ2v) is 4.94. The zero-order valence-corrected chi connectivity index (χ0v) is 11.7. The van der Waals surface area contributed by atoms with Gasteiger partial charge in [-0.15, -0.1) is 12.6 Å². The van der Waals surface area contributed by atoms with Crippen LogP contribution in [0.1, 0.15) is 21.5 Å². The number of rotatable bonds is 3. The standard InChI is InChI=1S/C15H12F3NOS/c16-15(17,18)12-5-1-10(2-6-12)9-19-14(20)11-3-7-13(21)8-4-11/h1-8,21H,9H2,(H,19,20). The fraction of sp³-hybridized carbons (Fsp3) is 0.133. The maximum Gasteiger partial charge on any atom is 0.416 e. The first-order valence-corrected chi connectivity index (χ1v) is 6.54. The van der Waals surface area contributed by atoms with Gasteiger partial charge in [0.2, 0.25) is 0 Å². The first-order chi connectivity index (χ1) is 9.86. The highest BCUT2D eigenvalue weighted by atomic mass is 32.1. The number of amides is 1. The Morgan fingerprint density at radius 3 is 2.10 bits per heavy atom. The number of benzene rings is 2. The van der Waals surface area contributed by atoms with Crippen molar-refractivity contribution in [1.82, 2.24) is 5.32 Å². The number of hydrogen-bond acceptors (Lipinski definition) is 2. The third-order valence-corrected chi connectivity index (χ3v) is 3.16. The van der Waals surface area contributed by atoms with Crippen LogP contribution in [-0.4, -0.2) is 5.91 Å². The number of nitrogens with one attached hydrogen (secondary N) is 1. The number of alkyl halides is 3. The Kier molecular flexibility index (Phi) is 4.57. The van der Waals surface area contributed by atoms with E-state index in [9.17, 15) is 18.0 Å². The van der Waals surface area contributed by atoms with Crippen LogP contribution in [0.2, 0.25) is 0 Å². The summed E-state index contributed by atoms with van der Waals surface area (Å²) < 4.78 is 37.2. The van der Waals surface area contributed by atoms with Crippen molar-refractivity contribution in [3.05, 3.63) is 65.2 Å². The molecule has 0 heterocycles. The van der Waals surface area contributed by atoms with E-state index in [2.05, 4.69) is 17.9 Å². The van der Waals surface area contributed by atoms with Crippen LogP contribution in [0.25, 0.3) is 0 Å². The molecule has 0 aromatic heterocycles. The Bertz CT molecular complexity index is 621. The Labute approximate surface area is 125 Å². The van der Waals surface area contributed by atoms with Crippen LogP contribution in [0.15, 0.2) is 53.4 Å². The Morgan fingerprint density at radius 2 is 1.57 bits per heavy atom. The van der Waals surface area contributed by atoms with Crippen molar-refractivity contribution < 1.29 is 18.0 Å². The van der Waals surface area contributed by atoms with Crippen molar-refractivity contribution in [2.75, 3.05) is 0 Å². The molecule has 2 rings (SSSR count). The average Bonchev–Trinajstić information content (AvgIpc) is 2.45. The third kappa shape index (κ3) is 4.26. The van der Waals surface area contributed by atoms with Crippen LogP contribution >= 0.6 is 12.6 Å². The van der Waals surface area contributed by atoms with E-state index < -0.39 is 11.7 Å². The minimum atomic E-state index is -4.35. The van der Waals surface area contributed by atoms with Gasteiger partial charge in [-0.25, -0.2) is 0 Å². The molecule has 2 aromatic carbocycles. The first kappa shape index (κ1) is 15.4. The molecule has 0 radical (unpaired) electrons. The Hall–Kier alpha value is -1.95. The van der Waals surface area contributed by atoms with Crippen molar-refractivity contribution in [2.24, 2.45) is 0 Å². The second kappa shape index (κ2) is 6.22. The van der Waals surface area contributed by atoms with Gasteiger partial charge in [-0.1, -0.05) is 12.1 Å². The van der Waals surface area contributed by atoms with E-state index in [1.165, 1.54) is 12.1 Å². The molecule has 21 heavy (non-hydrogen) atoms. The van der Waals surface area contributed by atoms with Gasteiger partial charge in [0.1, 0.15) is 0 Å². The minimum Gasteiger partial charge on any atom is -0.348 e. The third-order valence-electron chi connectivity index (χ3n) is 2.86. The van der Waals surface area contributed by atoms with Crippen LogP contribution in [0.5, 0.6) is 0 Å². The lowest BCUT2D eigenvalue weighted by Crippen LogP contribution is -2.22. The summed E-state index contributed by atoms with van der Waals surface area (Å²) in [6.07, 6.45) is -4.35. The summed E-state index contributed by atoms with van der Waals surface area (Å²) in [5.41, 5.74) is 0.365. The molecule has 6 heteroatoms. The summed E-state index contributed by atoms with van der Waals surface area (Å²) in [6.45, 7) is 0.166. The average molecular weight is 311 g/mol. The lowest BCUT2D eigenvalue weighted by atomic mass is 10.1. The minimum absolute atomic E-state index is 0.166. The molecule has 0 saturated heterocycles. The normalized spacial score (nSPS) is 11.2. The number of halogens is 3. The quantitative estimate of drug-likeness (QED) is 0.827. The summed E-state index contributed by atoms with van der Waals surface area (Å²) in [5, 5.41) is 2.65. The molecule has 110 valence electrons. The van der Waals surface area contributed by atoms with Gasteiger partial charge in [0.25, 0.3) is 5.91 Å². The lowest BCUT2D eigenvalue weighted by molar-refractivity contribution is -0.137. The molecule has 0 spiro atoms. The topological polar surface area (TPSA) is 29.1 Å². The van der Waals surface area contributed by atoms with Crippen LogP contribution in [-0.2, 0) is 12.7 Å². The molecule has 0 fully saturated rings. The molecular formula is C15H12F3NOS. The molecule has 0 bridgehead atoms. The summed E-state index contributed by atoms with van der Waals surface area (Å²) in [7, 11) is 0. The largest absolute Gasteiger partial charge is 0.416 e. The van der Waals surface area contributed by atoms with E-state index in [-0.39, 0.29) is 12.5 Å². The fourth-order valence-corrected chi connectivity index (χ4v) is 1.86. The molecule has 1 amide bonds. The van der Waals surface area contributed by atoms with Crippen molar-refractivity contribution in [3.8, 4) is 0 Å². The first-order valence-electron chi connectivity index (χ1n) is 6.09. The van der Waals surface area contributed by atoms with Gasteiger partial charge in [-0.3, -0.25) is 4.79 Å².